The zero-order valence-corrected chi connectivity index (χ0v) is 9.27. The molecule has 10 heteroatoms. The van der Waals surface area contributed by atoms with E-state index in [4.69, 9.17) is 20.4 Å². The summed E-state index contributed by atoms with van der Waals surface area (Å²) in [5.41, 5.74) is -2.77. The molecule has 0 aromatic heterocycles. The second-order valence-electron chi connectivity index (χ2n) is 3.60. The predicted octanol–water partition coefficient (Wildman–Crippen LogP) is -3.09. The zero-order chi connectivity index (χ0) is 14.3. The van der Waals surface area contributed by atoms with Gasteiger partial charge in [0.15, 0.2) is 5.60 Å². The first kappa shape index (κ1) is 20.6. The van der Waals surface area contributed by atoms with Crippen molar-refractivity contribution in [1.29, 1.82) is 0 Å². The van der Waals surface area contributed by atoms with Crippen molar-refractivity contribution in [1.82, 2.24) is 0 Å². The van der Waals surface area contributed by atoms with Gasteiger partial charge in [-0.15, -0.1) is 0 Å². The molecule has 19 heavy (non-hydrogen) atoms. The van der Waals surface area contributed by atoms with Gasteiger partial charge in [-0.3, -0.25) is 9.59 Å². The molecular formula is C9H15NaO9. The summed E-state index contributed by atoms with van der Waals surface area (Å²) in [7, 11) is 0. The second-order valence-corrected chi connectivity index (χ2v) is 3.60. The third kappa shape index (κ3) is 8.14. The van der Waals surface area contributed by atoms with E-state index in [-0.39, 0.29) is 29.6 Å². The summed E-state index contributed by atoms with van der Waals surface area (Å²) in [5, 5.41) is 43.8. The second kappa shape index (κ2) is 9.23. The van der Waals surface area contributed by atoms with Crippen LogP contribution >= 0.6 is 0 Å². The summed E-state index contributed by atoms with van der Waals surface area (Å²) in [6.45, 7) is -1.25. The summed E-state index contributed by atoms with van der Waals surface area (Å²) >= 11 is 0. The quantitative estimate of drug-likeness (QED) is 0.230. The minimum atomic E-state index is -2.77. The van der Waals surface area contributed by atoms with E-state index in [0.29, 0.717) is 0 Å². The van der Waals surface area contributed by atoms with Crippen molar-refractivity contribution in [3.63, 3.8) is 0 Å². The Morgan fingerprint density at radius 1 is 1.16 bits per heavy atom. The number of aliphatic carboxylic acids is 2. The molecule has 0 rings (SSSR count). The van der Waals surface area contributed by atoms with Gasteiger partial charge >= 0.3 is 47.5 Å². The van der Waals surface area contributed by atoms with Gasteiger partial charge in [-0.25, -0.2) is 4.79 Å². The predicted molar refractivity (Wildman–Crippen MR) is 60.7 cm³/mol. The Morgan fingerprint density at radius 3 is 2.05 bits per heavy atom. The minimum absolute atomic E-state index is 0. The molecule has 0 bridgehead atoms. The number of carboxylic acid groups (broad SMARTS) is 2. The van der Waals surface area contributed by atoms with Crippen molar-refractivity contribution in [2.24, 2.45) is 0 Å². The first-order chi connectivity index (χ1) is 8.21. The van der Waals surface area contributed by atoms with Gasteiger partial charge in [0, 0.05) is 0 Å². The number of aliphatic hydroxyl groups excluding tert-OH is 2. The molecule has 0 saturated carbocycles. The molecule has 0 heterocycles. The van der Waals surface area contributed by atoms with Gasteiger partial charge in [0.2, 0.25) is 0 Å². The van der Waals surface area contributed by atoms with Gasteiger partial charge < -0.3 is 30.3 Å². The van der Waals surface area contributed by atoms with E-state index in [0.717, 1.165) is 0 Å². The van der Waals surface area contributed by atoms with Crippen molar-refractivity contribution in [2.45, 2.75) is 24.5 Å². The molecule has 0 amide bonds. The van der Waals surface area contributed by atoms with E-state index in [1.165, 1.54) is 0 Å². The monoisotopic (exact) mass is 290 g/mol. The van der Waals surface area contributed by atoms with E-state index in [1.807, 2.05) is 0 Å². The molecule has 2 unspecified atom stereocenters. The average molecular weight is 290 g/mol. The molecule has 2 atom stereocenters. The van der Waals surface area contributed by atoms with Crippen LogP contribution in [0.3, 0.4) is 0 Å². The molecule has 0 fully saturated rings. The summed E-state index contributed by atoms with van der Waals surface area (Å²) < 4.78 is 4.36. The summed E-state index contributed by atoms with van der Waals surface area (Å²) in [6.07, 6.45) is -3.57. The molecule has 9 nitrogen and oxygen atoms in total. The molecule has 0 spiro atoms. The van der Waals surface area contributed by atoms with Gasteiger partial charge in [0.1, 0.15) is 12.7 Å². The van der Waals surface area contributed by atoms with Crippen LogP contribution in [0.4, 0.5) is 0 Å². The molecule has 0 aliphatic heterocycles. The number of carbonyl (C=O) groups excluding carboxylic acids is 1. The van der Waals surface area contributed by atoms with Gasteiger partial charge in [-0.1, -0.05) is 0 Å². The Labute approximate surface area is 130 Å². The average Bonchev–Trinajstić information content (AvgIpc) is 2.24. The molecule has 106 valence electrons. The maximum atomic E-state index is 11.1. The van der Waals surface area contributed by atoms with Crippen LogP contribution in [-0.2, 0) is 19.1 Å². The summed E-state index contributed by atoms with van der Waals surface area (Å²) in [5.74, 6) is -4.67. The van der Waals surface area contributed by atoms with E-state index in [2.05, 4.69) is 4.74 Å². The number of carboxylic acids is 2. The first-order valence-corrected chi connectivity index (χ1v) is 4.83. The third-order valence-electron chi connectivity index (χ3n) is 1.93. The summed E-state index contributed by atoms with van der Waals surface area (Å²) in [4.78, 5) is 32.2. The molecule has 0 saturated heterocycles. The SMILES string of the molecule is O=C(O)CC(O)(CC(=O)OCC(O)CO)C(=O)O.[NaH]. The fourth-order valence-electron chi connectivity index (χ4n) is 0.996. The number of hydrogen-bond acceptors (Lipinski definition) is 7. The number of hydrogen-bond donors (Lipinski definition) is 5. The standard InChI is InChI=1S/C9H14O9.Na.H/c10-3-5(11)4-18-7(14)2-9(17,8(15)16)1-6(12)13;;/h5,10-11,17H,1-4H2,(H,12,13)(H,15,16);;. The van der Waals surface area contributed by atoms with Crippen LogP contribution in [0.5, 0.6) is 0 Å². The van der Waals surface area contributed by atoms with Gasteiger partial charge in [-0.2, -0.15) is 0 Å². The van der Waals surface area contributed by atoms with Crippen molar-refractivity contribution in [3.05, 3.63) is 0 Å². The number of rotatable bonds is 8. The molecule has 0 aliphatic rings. The van der Waals surface area contributed by atoms with Crippen molar-refractivity contribution in [2.75, 3.05) is 13.2 Å². The van der Waals surface area contributed by atoms with Crippen molar-refractivity contribution in [3.8, 4) is 0 Å². The van der Waals surface area contributed by atoms with E-state index in [9.17, 15) is 19.5 Å². The Morgan fingerprint density at radius 2 is 1.68 bits per heavy atom. The van der Waals surface area contributed by atoms with Crippen LogP contribution in [-0.4, -0.2) is 97.9 Å². The van der Waals surface area contributed by atoms with Crippen LogP contribution in [0, 0.1) is 0 Å². The van der Waals surface area contributed by atoms with Crippen LogP contribution in [0.2, 0.25) is 0 Å². The number of aliphatic hydroxyl groups is 3. The molecular weight excluding hydrogens is 275 g/mol. The Balaban J connectivity index is 0. The van der Waals surface area contributed by atoms with Crippen molar-refractivity contribution >= 4 is 47.5 Å². The van der Waals surface area contributed by atoms with Crippen LogP contribution < -0.4 is 0 Å². The van der Waals surface area contributed by atoms with Crippen molar-refractivity contribution < 1.29 is 44.7 Å². The van der Waals surface area contributed by atoms with E-state index < -0.39 is 55.7 Å². The number of ether oxygens (including phenoxy) is 1. The van der Waals surface area contributed by atoms with E-state index in [1.54, 1.807) is 0 Å². The normalized spacial score (nSPS) is 14.7. The van der Waals surface area contributed by atoms with Crippen LogP contribution in [0.15, 0.2) is 0 Å². The molecule has 5 N–H and O–H groups in total. The topological polar surface area (TPSA) is 162 Å². The fourth-order valence-corrected chi connectivity index (χ4v) is 0.996. The summed E-state index contributed by atoms with van der Waals surface area (Å²) in [6, 6.07) is 0. The van der Waals surface area contributed by atoms with Gasteiger partial charge in [0.05, 0.1) is 19.4 Å². The third-order valence-corrected chi connectivity index (χ3v) is 1.93. The van der Waals surface area contributed by atoms with E-state index >= 15 is 0 Å². The number of carbonyl (C=O) groups is 3. The van der Waals surface area contributed by atoms with Gasteiger partial charge in [-0.05, 0) is 0 Å². The number of esters is 1. The fraction of sp³-hybridized carbons (Fsp3) is 0.667. The molecule has 0 aromatic rings. The molecule has 0 radical (unpaired) electrons. The maximum absolute atomic E-state index is 11.1. The molecule has 0 aliphatic carbocycles. The Hall–Kier alpha value is -0.710. The Kier molecular flexibility index (Phi) is 10.0. The van der Waals surface area contributed by atoms with Gasteiger partial charge in [0.25, 0.3) is 0 Å². The molecule has 0 aromatic carbocycles. The zero-order valence-electron chi connectivity index (χ0n) is 9.27. The van der Waals surface area contributed by atoms with Crippen LogP contribution in [0.1, 0.15) is 12.8 Å². The van der Waals surface area contributed by atoms with Crippen LogP contribution in [0.25, 0.3) is 0 Å². The Bertz CT molecular complexity index is 332. The first-order valence-electron chi connectivity index (χ1n) is 4.83.